The van der Waals surface area contributed by atoms with Crippen LogP contribution in [0.15, 0.2) is 91.0 Å². The molecule has 0 saturated heterocycles. The fraction of sp³-hybridized carbons (Fsp3) is 0.0417. The van der Waals surface area contributed by atoms with Crippen molar-refractivity contribution in [1.82, 2.24) is 0 Å². The van der Waals surface area contributed by atoms with Crippen molar-refractivity contribution in [3.63, 3.8) is 0 Å². The Morgan fingerprint density at radius 3 is 2.22 bits per heavy atom. The highest BCUT2D eigenvalue weighted by atomic mass is 16.5. The first-order valence-electron chi connectivity index (χ1n) is 8.69. The van der Waals surface area contributed by atoms with E-state index in [1.54, 1.807) is 6.08 Å². The summed E-state index contributed by atoms with van der Waals surface area (Å²) in [6.45, 7) is 0. The summed E-state index contributed by atoms with van der Waals surface area (Å²) < 4.78 is 5.87. The molecule has 3 heteroatoms. The first kappa shape index (κ1) is 18.2. The standard InChI is InChI=1S/C24H20O3/c25-24(26)17-16-21-11-5-4-10-20(21)12-6-8-19-9-7-15-23(18-19)27-22-13-2-1-3-14-22/h1-7,9-18H,8H2,(H,25,26)/b12-6+,17-16+. The first-order valence-corrected chi connectivity index (χ1v) is 8.69. The van der Waals surface area contributed by atoms with Crippen molar-refractivity contribution < 1.29 is 14.6 Å². The first-order chi connectivity index (χ1) is 13.2. The lowest BCUT2D eigenvalue weighted by Gasteiger charge is -2.06. The van der Waals surface area contributed by atoms with Gasteiger partial charge >= 0.3 is 5.97 Å². The van der Waals surface area contributed by atoms with Crippen molar-refractivity contribution in [2.75, 3.05) is 0 Å². The number of rotatable bonds is 7. The van der Waals surface area contributed by atoms with Crippen molar-refractivity contribution in [3.05, 3.63) is 108 Å². The summed E-state index contributed by atoms with van der Waals surface area (Å²) in [5.41, 5.74) is 2.99. The second-order valence-electron chi connectivity index (χ2n) is 5.97. The zero-order chi connectivity index (χ0) is 18.9. The van der Waals surface area contributed by atoms with Gasteiger partial charge in [-0.1, -0.05) is 66.7 Å². The molecule has 0 bridgehead atoms. The summed E-state index contributed by atoms with van der Waals surface area (Å²) in [5.74, 6) is 0.658. The molecule has 3 aromatic carbocycles. The molecule has 0 saturated carbocycles. The van der Waals surface area contributed by atoms with E-state index in [0.717, 1.165) is 40.7 Å². The van der Waals surface area contributed by atoms with Crippen molar-refractivity contribution in [3.8, 4) is 11.5 Å². The van der Waals surface area contributed by atoms with Gasteiger partial charge in [0.1, 0.15) is 11.5 Å². The molecule has 27 heavy (non-hydrogen) atoms. The van der Waals surface area contributed by atoms with Gasteiger partial charge in [-0.05, 0) is 53.5 Å². The summed E-state index contributed by atoms with van der Waals surface area (Å²) in [6, 6.07) is 25.4. The van der Waals surface area contributed by atoms with Gasteiger partial charge in [-0.15, -0.1) is 0 Å². The monoisotopic (exact) mass is 356 g/mol. The highest BCUT2D eigenvalue weighted by Crippen LogP contribution is 2.22. The number of para-hydroxylation sites is 1. The Kier molecular flexibility index (Phi) is 6.21. The number of allylic oxidation sites excluding steroid dienone is 1. The van der Waals surface area contributed by atoms with E-state index in [0.29, 0.717) is 0 Å². The third kappa shape index (κ3) is 5.72. The van der Waals surface area contributed by atoms with E-state index >= 15 is 0 Å². The summed E-state index contributed by atoms with van der Waals surface area (Å²) >= 11 is 0. The Morgan fingerprint density at radius 1 is 0.815 bits per heavy atom. The third-order valence-electron chi connectivity index (χ3n) is 3.93. The summed E-state index contributed by atoms with van der Waals surface area (Å²) in [5, 5.41) is 8.81. The predicted molar refractivity (Wildman–Crippen MR) is 109 cm³/mol. The van der Waals surface area contributed by atoms with Crippen molar-refractivity contribution >= 4 is 18.1 Å². The van der Waals surface area contributed by atoms with Gasteiger partial charge < -0.3 is 9.84 Å². The largest absolute Gasteiger partial charge is 0.478 e. The minimum absolute atomic E-state index is 0.753. The summed E-state index contributed by atoms with van der Waals surface area (Å²) in [4.78, 5) is 10.7. The number of hydrogen-bond donors (Lipinski definition) is 1. The van der Waals surface area contributed by atoms with Crippen molar-refractivity contribution in [1.29, 1.82) is 0 Å². The molecule has 3 nitrogen and oxygen atoms in total. The molecule has 134 valence electrons. The highest BCUT2D eigenvalue weighted by molar-refractivity contribution is 5.86. The molecule has 0 aromatic heterocycles. The van der Waals surface area contributed by atoms with Crippen LogP contribution in [0.1, 0.15) is 16.7 Å². The number of hydrogen-bond acceptors (Lipinski definition) is 2. The molecule has 0 heterocycles. The summed E-state index contributed by atoms with van der Waals surface area (Å²) in [6.07, 6.45) is 7.58. The van der Waals surface area contributed by atoms with Crippen LogP contribution in [0, 0.1) is 0 Å². The highest BCUT2D eigenvalue weighted by Gasteiger charge is 1.99. The van der Waals surface area contributed by atoms with Crippen LogP contribution < -0.4 is 4.74 Å². The van der Waals surface area contributed by atoms with E-state index in [1.165, 1.54) is 0 Å². The van der Waals surface area contributed by atoms with Crippen LogP contribution in [0.5, 0.6) is 11.5 Å². The maximum Gasteiger partial charge on any atom is 0.328 e. The van der Waals surface area contributed by atoms with E-state index in [1.807, 2.05) is 78.9 Å². The lowest BCUT2D eigenvalue weighted by atomic mass is 10.0. The Labute approximate surface area is 158 Å². The second-order valence-corrected chi connectivity index (χ2v) is 5.97. The van der Waals surface area contributed by atoms with Crippen molar-refractivity contribution in [2.45, 2.75) is 6.42 Å². The predicted octanol–water partition coefficient (Wildman–Crippen LogP) is 5.83. The number of benzene rings is 3. The molecule has 0 fully saturated rings. The zero-order valence-electron chi connectivity index (χ0n) is 14.8. The molecule has 0 aliphatic heterocycles. The Balaban J connectivity index is 1.68. The van der Waals surface area contributed by atoms with Crippen LogP contribution in [0.25, 0.3) is 12.2 Å². The number of carboxylic acid groups (broad SMARTS) is 1. The van der Waals surface area contributed by atoms with Crippen LogP contribution in [-0.4, -0.2) is 11.1 Å². The topological polar surface area (TPSA) is 46.5 Å². The Hall–Kier alpha value is -3.59. The second kappa shape index (κ2) is 9.20. The fourth-order valence-corrected chi connectivity index (χ4v) is 2.66. The van der Waals surface area contributed by atoms with Gasteiger partial charge in [0.05, 0.1) is 0 Å². The van der Waals surface area contributed by atoms with Gasteiger partial charge in [0.25, 0.3) is 0 Å². The van der Waals surface area contributed by atoms with E-state index in [-0.39, 0.29) is 0 Å². The molecular weight excluding hydrogens is 336 g/mol. The molecular formula is C24H20O3. The molecule has 3 aromatic rings. The number of carboxylic acids is 1. The van der Waals surface area contributed by atoms with Gasteiger partial charge in [0, 0.05) is 6.08 Å². The molecule has 0 unspecified atom stereocenters. The molecule has 3 rings (SSSR count). The normalized spacial score (nSPS) is 11.1. The third-order valence-corrected chi connectivity index (χ3v) is 3.93. The minimum atomic E-state index is -0.955. The average Bonchev–Trinajstić information content (AvgIpc) is 2.68. The maximum atomic E-state index is 10.7. The summed E-state index contributed by atoms with van der Waals surface area (Å²) in [7, 11) is 0. The number of ether oxygens (including phenoxy) is 1. The van der Waals surface area contributed by atoms with Crippen LogP contribution in [0.2, 0.25) is 0 Å². The molecule has 0 amide bonds. The maximum absolute atomic E-state index is 10.7. The fourth-order valence-electron chi connectivity index (χ4n) is 2.66. The smallest absolute Gasteiger partial charge is 0.328 e. The molecule has 0 aliphatic carbocycles. The van der Waals surface area contributed by atoms with Gasteiger partial charge in [0.2, 0.25) is 0 Å². The van der Waals surface area contributed by atoms with E-state index in [4.69, 9.17) is 9.84 Å². The lowest BCUT2D eigenvalue weighted by molar-refractivity contribution is -0.131. The van der Waals surface area contributed by atoms with Crippen LogP contribution in [0.3, 0.4) is 0 Å². The van der Waals surface area contributed by atoms with Crippen molar-refractivity contribution in [2.24, 2.45) is 0 Å². The minimum Gasteiger partial charge on any atom is -0.478 e. The van der Waals surface area contributed by atoms with Gasteiger partial charge in [0.15, 0.2) is 0 Å². The van der Waals surface area contributed by atoms with E-state index in [9.17, 15) is 4.79 Å². The average molecular weight is 356 g/mol. The molecule has 0 aliphatic rings. The molecule has 1 N–H and O–H groups in total. The van der Waals surface area contributed by atoms with Gasteiger partial charge in [-0.25, -0.2) is 4.79 Å². The number of aliphatic carboxylic acids is 1. The zero-order valence-corrected chi connectivity index (χ0v) is 14.8. The molecule has 0 radical (unpaired) electrons. The Morgan fingerprint density at radius 2 is 1.48 bits per heavy atom. The SMILES string of the molecule is O=C(O)/C=C/c1ccccc1/C=C/Cc1cccc(Oc2ccccc2)c1. The van der Waals surface area contributed by atoms with Crippen LogP contribution >= 0.6 is 0 Å². The Bertz CT molecular complexity index is 956. The van der Waals surface area contributed by atoms with Gasteiger partial charge in [-0.3, -0.25) is 0 Å². The molecule has 0 spiro atoms. The quantitative estimate of drug-likeness (QED) is 0.542. The van der Waals surface area contributed by atoms with E-state index < -0.39 is 5.97 Å². The van der Waals surface area contributed by atoms with Crippen LogP contribution in [-0.2, 0) is 11.2 Å². The van der Waals surface area contributed by atoms with Crippen LogP contribution in [0.4, 0.5) is 0 Å². The molecule has 0 atom stereocenters. The van der Waals surface area contributed by atoms with E-state index in [2.05, 4.69) is 12.1 Å². The lowest BCUT2D eigenvalue weighted by Crippen LogP contribution is -1.88. The van der Waals surface area contributed by atoms with Gasteiger partial charge in [-0.2, -0.15) is 0 Å². The number of carbonyl (C=O) groups is 1.